The van der Waals surface area contributed by atoms with Crippen LogP contribution in [-0.4, -0.2) is 0 Å². The van der Waals surface area contributed by atoms with Crippen molar-refractivity contribution in [3.63, 3.8) is 0 Å². The molecular weight excluding hydrogens is 651 g/mol. The van der Waals surface area contributed by atoms with Crippen molar-refractivity contribution in [2.75, 3.05) is 4.90 Å². The number of rotatable bonds is 5. The van der Waals surface area contributed by atoms with Crippen molar-refractivity contribution in [3.05, 3.63) is 222 Å². The Kier molecular flexibility index (Phi) is 6.04. The van der Waals surface area contributed by atoms with Gasteiger partial charge in [0.25, 0.3) is 0 Å². The Morgan fingerprint density at radius 2 is 0.833 bits per heavy atom. The highest BCUT2D eigenvalue weighted by Crippen LogP contribution is 2.70. The van der Waals surface area contributed by atoms with Crippen molar-refractivity contribution in [3.8, 4) is 55.6 Å². The number of para-hydroxylation sites is 1. The van der Waals surface area contributed by atoms with Crippen molar-refractivity contribution in [1.82, 2.24) is 0 Å². The van der Waals surface area contributed by atoms with Crippen LogP contribution in [0.2, 0.25) is 0 Å². The summed E-state index contributed by atoms with van der Waals surface area (Å²) in [4.78, 5) is 2.37. The number of nitrogens with zero attached hydrogens (tertiary/aromatic N) is 1. The molecule has 3 aliphatic rings. The van der Waals surface area contributed by atoms with E-state index in [1.54, 1.807) is 0 Å². The Hall–Kier alpha value is -6.96. The third-order valence-corrected chi connectivity index (χ3v) is 12.2. The molecule has 0 saturated heterocycles. The molecule has 3 aliphatic carbocycles. The maximum absolute atomic E-state index is 2.49. The first-order valence-corrected chi connectivity index (χ1v) is 18.8. The van der Waals surface area contributed by atoms with Gasteiger partial charge in [0.05, 0.1) is 5.41 Å². The highest BCUT2D eigenvalue weighted by molar-refractivity contribution is 6.06. The molecule has 1 spiro atoms. The lowest BCUT2D eigenvalue weighted by atomic mass is 9.73. The molecule has 0 radical (unpaired) electrons. The van der Waals surface area contributed by atoms with Gasteiger partial charge in [-0.1, -0.05) is 158 Å². The Labute approximate surface area is 315 Å². The van der Waals surface area contributed by atoms with E-state index in [1.807, 2.05) is 0 Å². The minimum absolute atomic E-state index is 0.279. The first-order valence-electron chi connectivity index (χ1n) is 18.8. The number of hydrogen-bond acceptors (Lipinski definition) is 1. The highest BCUT2D eigenvalue weighted by Gasteiger charge is 2.57. The summed E-state index contributed by atoms with van der Waals surface area (Å²) in [6.45, 7) is 0. The predicted molar refractivity (Wildman–Crippen MR) is 225 cm³/mol. The lowest BCUT2D eigenvalue weighted by Gasteiger charge is -2.28. The third-order valence-electron chi connectivity index (χ3n) is 12.2. The fourth-order valence-corrected chi connectivity index (χ4v) is 10.1. The summed E-state index contributed by atoms with van der Waals surface area (Å²) in [7, 11) is 0. The smallest absolute Gasteiger partial charge is 0.0737 e. The lowest BCUT2D eigenvalue weighted by molar-refractivity contribution is 0.818. The summed E-state index contributed by atoms with van der Waals surface area (Å²) in [5, 5.41) is 2.51. The molecule has 12 rings (SSSR count). The SMILES string of the molecule is c1ccc(N(c2ccc(-c3ccc4c(c3)C35c6ccccc6-c6cccc(c63)-c3cccc-4c35)cc2)c2cccc(-c3cccc4ccccc34)c2)cc1. The van der Waals surface area contributed by atoms with Crippen molar-refractivity contribution >= 4 is 27.8 Å². The minimum atomic E-state index is -0.279. The minimum Gasteiger partial charge on any atom is -0.310 e. The molecule has 0 aliphatic heterocycles. The van der Waals surface area contributed by atoms with Gasteiger partial charge in [-0.25, -0.2) is 0 Å². The van der Waals surface area contributed by atoms with Crippen LogP contribution < -0.4 is 4.90 Å². The maximum atomic E-state index is 2.49. The summed E-state index contributed by atoms with van der Waals surface area (Å²) in [5.74, 6) is 0. The van der Waals surface area contributed by atoms with Crippen LogP contribution in [0.1, 0.15) is 22.3 Å². The quantitative estimate of drug-likeness (QED) is 0.175. The zero-order valence-corrected chi connectivity index (χ0v) is 29.5. The zero-order valence-electron chi connectivity index (χ0n) is 29.5. The Bertz CT molecular complexity index is 2950. The second-order valence-corrected chi connectivity index (χ2v) is 14.8. The van der Waals surface area contributed by atoms with Gasteiger partial charge in [0.15, 0.2) is 0 Å². The summed E-state index contributed by atoms with van der Waals surface area (Å²) < 4.78 is 0. The molecule has 1 heteroatoms. The first kappa shape index (κ1) is 29.6. The van der Waals surface area contributed by atoms with E-state index >= 15 is 0 Å². The van der Waals surface area contributed by atoms with Crippen LogP contribution in [-0.2, 0) is 5.41 Å². The maximum Gasteiger partial charge on any atom is 0.0737 e. The molecule has 9 aromatic rings. The fourth-order valence-electron chi connectivity index (χ4n) is 10.1. The Morgan fingerprint density at radius 3 is 1.63 bits per heavy atom. The highest BCUT2D eigenvalue weighted by atomic mass is 15.1. The Morgan fingerprint density at radius 1 is 0.296 bits per heavy atom. The van der Waals surface area contributed by atoms with Crippen LogP contribution in [0.15, 0.2) is 200 Å². The van der Waals surface area contributed by atoms with Gasteiger partial charge in [0.2, 0.25) is 0 Å². The van der Waals surface area contributed by atoms with Crippen LogP contribution in [0, 0.1) is 0 Å². The molecule has 0 fully saturated rings. The van der Waals surface area contributed by atoms with Gasteiger partial charge in [-0.15, -0.1) is 0 Å². The molecule has 0 N–H and O–H groups in total. The average molecular weight is 684 g/mol. The second kappa shape index (κ2) is 11.0. The molecule has 0 saturated carbocycles. The van der Waals surface area contributed by atoms with Crippen LogP contribution in [0.3, 0.4) is 0 Å². The standard InChI is InChI=1S/C53H33N/c1-2-15-38(16-3-1)54(40-17-8-14-37(32-40)42-20-9-13-35-12-4-5-18-41(35)42)39-29-26-34(27-30-39)36-28-31-44-46-22-11-24-48-47-23-10-21-45-43-19-6-7-25-49(43)53(51(45)47,52(46)48)50(44)33-36/h1-33H. The van der Waals surface area contributed by atoms with Gasteiger partial charge in [-0.3, -0.25) is 0 Å². The van der Waals surface area contributed by atoms with E-state index in [4.69, 9.17) is 0 Å². The van der Waals surface area contributed by atoms with Gasteiger partial charge in [0.1, 0.15) is 0 Å². The number of benzene rings is 9. The molecule has 54 heavy (non-hydrogen) atoms. The molecule has 0 bridgehead atoms. The summed E-state index contributed by atoms with van der Waals surface area (Å²) in [6.07, 6.45) is 0. The molecule has 0 aromatic heterocycles. The number of fused-ring (bicyclic) bond motifs is 6. The van der Waals surface area contributed by atoms with Crippen LogP contribution in [0.4, 0.5) is 17.1 Å². The lowest BCUT2D eigenvalue weighted by Crippen LogP contribution is -2.23. The molecular formula is C53H33N. The van der Waals surface area contributed by atoms with Gasteiger partial charge in [-0.2, -0.15) is 0 Å². The molecule has 1 atom stereocenters. The zero-order chi connectivity index (χ0) is 35.4. The van der Waals surface area contributed by atoms with E-state index in [2.05, 4.69) is 205 Å². The van der Waals surface area contributed by atoms with E-state index in [0.717, 1.165) is 17.1 Å². The van der Waals surface area contributed by atoms with Gasteiger partial charge in [-0.05, 0) is 131 Å². The van der Waals surface area contributed by atoms with Crippen molar-refractivity contribution < 1.29 is 0 Å². The largest absolute Gasteiger partial charge is 0.310 e. The van der Waals surface area contributed by atoms with Crippen molar-refractivity contribution in [2.45, 2.75) is 5.41 Å². The third kappa shape index (κ3) is 3.88. The molecule has 1 nitrogen and oxygen atoms in total. The average Bonchev–Trinajstić information content (AvgIpc) is 3.84. The molecule has 0 amide bonds. The Balaban J connectivity index is 0.982. The molecule has 1 unspecified atom stereocenters. The summed E-state index contributed by atoms with van der Waals surface area (Å²) >= 11 is 0. The molecule has 9 aromatic carbocycles. The van der Waals surface area contributed by atoms with E-state index in [1.165, 1.54) is 88.7 Å². The van der Waals surface area contributed by atoms with Crippen molar-refractivity contribution in [1.29, 1.82) is 0 Å². The molecule has 0 heterocycles. The fraction of sp³-hybridized carbons (Fsp3) is 0.0189. The van der Waals surface area contributed by atoms with Crippen molar-refractivity contribution in [2.24, 2.45) is 0 Å². The van der Waals surface area contributed by atoms with Gasteiger partial charge in [0, 0.05) is 17.1 Å². The van der Waals surface area contributed by atoms with Crippen LogP contribution in [0.5, 0.6) is 0 Å². The number of hydrogen-bond donors (Lipinski definition) is 0. The topological polar surface area (TPSA) is 3.24 Å². The van der Waals surface area contributed by atoms with Gasteiger partial charge >= 0.3 is 0 Å². The second-order valence-electron chi connectivity index (χ2n) is 14.8. The molecule has 250 valence electrons. The van der Waals surface area contributed by atoms with E-state index < -0.39 is 0 Å². The van der Waals surface area contributed by atoms with Crippen LogP contribution in [0.25, 0.3) is 66.4 Å². The summed E-state index contributed by atoms with van der Waals surface area (Å²) in [5.41, 5.74) is 21.9. The van der Waals surface area contributed by atoms with Crippen LogP contribution >= 0.6 is 0 Å². The summed E-state index contributed by atoms with van der Waals surface area (Å²) in [6, 6.07) is 74.1. The van der Waals surface area contributed by atoms with E-state index in [0.29, 0.717) is 0 Å². The number of anilines is 3. The predicted octanol–water partition coefficient (Wildman–Crippen LogP) is 14.0. The monoisotopic (exact) mass is 683 g/mol. The van der Waals surface area contributed by atoms with E-state index in [-0.39, 0.29) is 5.41 Å². The first-order chi connectivity index (χ1) is 26.8. The van der Waals surface area contributed by atoms with E-state index in [9.17, 15) is 0 Å². The normalized spacial score (nSPS) is 15.1. The van der Waals surface area contributed by atoms with Gasteiger partial charge < -0.3 is 4.90 Å².